The minimum absolute atomic E-state index is 0.237. The summed E-state index contributed by atoms with van der Waals surface area (Å²) in [5.41, 5.74) is 0.299. The summed E-state index contributed by atoms with van der Waals surface area (Å²) < 4.78 is 0. The number of nitrogens with one attached hydrogen (secondary N) is 1. The van der Waals surface area contributed by atoms with Crippen molar-refractivity contribution in [2.75, 3.05) is 11.9 Å². The van der Waals surface area contributed by atoms with Crippen LogP contribution in [0, 0.1) is 0 Å². The molecule has 0 aliphatic carbocycles. The minimum atomic E-state index is -0.595. The highest BCUT2D eigenvalue weighted by molar-refractivity contribution is 6.22. The molecule has 1 aromatic carbocycles. The number of carbonyl (C=O) groups is 3. The molecule has 6 nitrogen and oxygen atoms in total. The average Bonchev–Trinajstić information content (AvgIpc) is 2.69. The van der Waals surface area contributed by atoms with Crippen molar-refractivity contribution in [3.05, 3.63) is 29.3 Å². The van der Waals surface area contributed by atoms with Gasteiger partial charge in [-0.3, -0.25) is 14.5 Å². The van der Waals surface area contributed by atoms with E-state index in [0.29, 0.717) is 23.4 Å². The fourth-order valence-electron chi connectivity index (χ4n) is 3.04. The third kappa shape index (κ3) is 3.52. The van der Waals surface area contributed by atoms with Crippen LogP contribution in [-0.4, -0.2) is 45.3 Å². The van der Waals surface area contributed by atoms with Gasteiger partial charge in [0.05, 0.1) is 11.1 Å². The molecule has 0 atom stereocenters. The molecule has 2 rings (SSSR count). The predicted octanol–water partition coefficient (Wildman–Crippen LogP) is 3.73. The standard InChI is InChI=1S/C19H27N3O3/c1-8-21(18(2,3)4)17(25)20-12-9-10-13-14(11-12)16(24)22(15(13)23)19(5,6)7/h9-11H,8H2,1-7H3,(H,20,25). The first-order valence-electron chi connectivity index (χ1n) is 8.49. The third-order valence-corrected chi connectivity index (χ3v) is 4.18. The van der Waals surface area contributed by atoms with E-state index in [-0.39, 0.29) is 23.4 Å². The first kappa shape index (κ1) is 19.0. The van der Waals surface area contributed by atoms with Gasteiger partial charge in [-0.1, -0.05) is 0 Å². The van der Waals surface area contributed by atoms with Crippen LogP contribution >= 0.6 is 0 Å². The van der Waals surface area contributed by atoms with Gasteiger partial charge in [0.2, 0.25) is 0 Å². The van der Waals surface area contributed by atoms with Crippen molar-refractivity contribution < 1.29 is 14.4 Å². The smallest absolute Gasteiger partial charge is 0.320 e. The van der Waals surface area contributed by atoms with Crippen LogP contribution in [0.15, 0.2) is 18.2 Å². The number of carbonyl (C=O) groups excluding carboxylic acids is 3. The van der Waals surface area contributed by atoms with Gasteiger partial charge < -0.3 is 10.2 Å². The zero-order chi connectivity index (χ0) is 19.2. The molecule has 0 radical (unpaired) electrons. The quantitative estimate of drug-likeness (QED) is 0.830. The van der Waals surface area contributed by atoms with E-state index in [2.05, 4.69) is 5.32 Å². The molecule has 0 spiro atoms. The zero-order valence-corrected chi connectivity index (χ0v) is 16.1. The molecule has 0 aromatic heterocycles. The number of anilines is 1. The van der Waals surface area contributed by atoms with Gasteiger partial charge in [-0.15, -0.1) is 0 Å². The summed E-state index contributed by atoms with van der Waals surface area (Å²) in [6.07, 6.45) is 0. The Bertz CT molecular complexity index is 726. The Labute approximate surface area is 149 Å². The van der Waals surface area contributed by atoms with Crippen LogP contribution in [-0.2, 0) is 0 Å². The molecule has 6 heteroatoms. The van der Waals surface area contributed by atoms with Crippen LogP contribution in [0.3, 0.4) is 0 Å². The fourth-order valence-corrected chi connectivity index (χ4v) is 3.04. The maximum absolute atomic E-state index is 12.6. The number of urea groups is 1. The Morgan fingerprint density at radius 2 is 1.60 bits per heavy atom. The Morgan fingerprint density at radius 1 is 1.04 bits per heavy atom. The number of nitrogens with zero attached hydrogens (tertiary/aromatic N) is 2. The number of rotatable bonds is 2. The summed E-state index contributed by atoms with van der Waals surface area (Å²) in [4.78, 5) is 40.6. The van der Waals surface area contributed by atoms with Gasteiger partial charge >= 0.3 is 6.03 Å². The number of amides is 4. The Hall–Kier alpha value is -2.37. The molecule has 1 aromatic rings. The third-order valence-electron chi connectivity index (χ3n) is 4.18. The molecule has 25 heavy (non-hydrogen) atoms. The number of fused-ring (bicyclic) bond motifs is 1. The van der Waals surface area contributed by atoms with Crippen molar-refractivity contribution >= 4 is 23.5 Å². The topological polar surface area (TPSA) is 69.7 Å². The second-order valence-electron chi connectivity index (χ2n) is 8.22. The molecular weight excluding hydrogens is 318 g/mol. The second kappa shape index (κ2) is 6.17. The van der Waals surface area contributed by atoms with Crippen LogP contribution < -0.4 is 5.32 Å². The molecular formula is C19H27N3O3. The molecule has 1 aliphatic rings. The molecule has 0 fully saturated rings. The average molecular weight is 345 g/mol. The van der Waals surface area contributed by atoms with E-state index in [9.17, 15) is 14.4 Å². The van der Waals surface area contributed by atoms with E-state index in [0.717, 1.165) is 0 Å². The van der Waals surface area contributed by atoms with Crippen LogP contribution in [0.2, 0.25) is 0 Å². The molecule has 1 aliphatic heterocycles. The second-order valence-corrected chi connectivity index (χ2v) is 8.22. The van der Waals surface area contributed by atoms with Crippen molar-refractivity contribution in [3.63, 3.8) is 0 Å². The highest BCUT2D eigenvalue weighted by atomic mass is 16.2. The number of benzene rings is 1. The summed E-state index contributed by atoms with van der Waals surface area (Å²) in [7, 11) is 0. The Morgan fingerprint density at radius 3 is 2.08 bits per heavy atom. The van der Waals surface area contributed by atoms with Gasteiger partial charge in [0, 0.05) is 23.3 Å². The van der Waals surface area contributed by atoms with Gasteiger partial charge in [-0.05, 0) is 66.7 Å². The maximum Gasteiger partial charge on any atom is 0.322 e. The molecule has 0 unspecified atom stereocenters. The first-order valence-corrected chi connectivity index (χ1v) is 8.49. The van der Waals surface area contributed by atoms with Crippen molar-refractivity contribution in [1.82, 2.24) is 9.80 Å². The maximum atomic E-state index is 12.6. The SMILES string of the molecule is CCN(C(=O)Nc1ccc2c(c1)C(=O)N(C(C)(C)C)C2=O)C(C)(C)C. The normalized spacial score (nSPS) is 14.6. The van der Waals surface area contributed by atoms with Crippen LogP contribution in [0.4, 0.5) is 10.5 Å². The highest BCUT2D eigenvalue weighted by Gasteiger charge is 2.42. The van der Waals surface area contributed by atoms with Gasteiger partial charge in [-0.2, -0.15) is 0 Å². The summed E-state index contributed by atoms with van der Waals surface area (Å²) in [5, 5.41) is 2.82. The van der Waals surface area contributed by atoms with Crippen LogP contribution in [0.5, 0.6) is 0 Å². The summed E-state index contributed by atoms with van der Waals surface area (Å²) in [6, 6.07) is 4.60. The van der Waals surface area contributed by atoms with E-state index in [4.69, 9.17) is 0 Å². The van der Waals surface area contributed by atoms with E-state index in [1.54, 1.807) is 23.1 Å². The Balaban J connectivity index is 2.30. The summed E-state index contributed by atoms with van der Waals surface area (Å²) >= 11 is 0. The molecule has 4 amide bonds. The van der Waals surface area contributed by atoms with Gasteiger partial charge in [0.15, 0.2) is 0 Å². The van der Waals surface area contributed by atoms with E-state index < -0.39 is 5.54 Å². The first-order chi connectivity index (χ1) is 11.4. The lowest BCUT2D eigenvalue weighted by Crippen LogP contribution is -2.47. The molecule has 0 bridgehead atoms. The lowest BCUT2D eigenvalue weighted by molar-refractivity contribution is 0.0507. The van der Waals surface area contributed by atoms with Crippen molar-refractivity contribution in [3.8, 4) is 0 Å². The monoisotopic (exact) mass is 345 g/mol. The molecule has 1 N–H and O–H groups in total. The van der Waals surface area contributed by atoms with Crippen LogP contribution in [0.25, 0.3) is 0 Å². The summed E-state index contributed by atoms with van der Waals surface area (Å²) in [5.74, 6) is -0.623. The number of hydrogen-bond acceptors (Lipinski definition) is 3. The predicted molar refractivity (Wildman–Crippen MR) is 97.8 cm³/mol. The molecule has 136 valence electrons. The lowest BCUT2D eigenvalue weighted by Gasteiger charge is -2.34. The van der Waals surface area contributed by atoms with Crippen molar-refractivity contribution in [2.45, 2.75) is 59.5 Å². The van der Waals surface area contributed by atoms with Crippen molar-refractivity contribution in [1.29, 1.82) is 0 Å². The highest BCUT2D eigenvalue weighted by Crippen LogP contribution is 2.31. The van der Waals surface area contributed by atoms with E-state index in [1.807, 2.05) is 48.5 Å². The van der Waals surface area contributed by atoms with Crippen LogP contribution in [0.1, 0.15) is 69.2 Å². The van der Waals surface area contributed by atoms with Crippen molar-refractivity contribution in [2.24, 2.45) is 0 Å². The van der Waals surface area contributed by atoms with E-state index in [1.165, 1.54) is 4.90 Å². The van der Waals surface area contributed by atoms with Gasteiger partial charge in [0.25, 0.3) is 11.8 Å². The zero-order valence-electron chi connectivity index (χ0n) is 16.1. The fraction of sp³-hybridized carbons (Fsp3) is 0.526. The number of imide groups is 1. The lowest BCUT2D eigenvalue weighted by atomic mass is 10.1. The van der Waals surface area contributed by atoms with E-state index >= 15 is 0 Å². The molecule has 0 saturated heterocycles. The minimum Gasteiger partial charge on any atom is -0.320 e. The Kier molecular flexibility index (Phi) is 4.68. The van der Waals surface area contributed by atoms with Gasteiger partial charge in [-0.25, -0.2) is 4.79 Å². The molecule has 1 heterocycles. The van der Waals surface area contributed by atoms with Gasteiger partial charge in [0.1, 0.15) is 0 Å². The summed E-state index contributed by atoms with van der Waals surface area (Å²) in [6.45, 7) is 13.8. The molecule has 0 saturated carbocycles. The largest absolute Gasteiger partial charge is 0.322 e. The number of hydrogen-bond donors (Lipinski definition) is 1.